The van der Waals surface area contributed by atoms with Crippen LogP contribution < -0.4 is 10.4 Å². The molecular formula is C24H26NO6-. The van der Waals surface area contributed by atoms with Crippen LogP contribution in [-0.2, 0) is 19.1 Å². The fourth-order valence-electron chi connectivity index (χ4n) is 3.67. The number of carboxylic acids is 1. The Kier molecular flexibility index (Phi) is 6.63. The Morgan fingerprint density at radius 1 is 1.00 bits per heavy atom. The summed E-state index contributed by atoms with van der Waals surface area (Å²) in [4.78, 5) is 35.7. The molecule has 1 aliphatic rings. The lowest BCUT2D eigenvalue weighted by Gasteiger charge is -2.24. The summed E-state index contributed by atoms with van der Waals surface area (Å²) in [6.45, 7) is 5.15. The Hall–Kier alpha value is -3.35. The van der Waals surface area contributed by atoms with E-state index in [0.29, 0.717) is 0 Å². The van der Waals surface area contributed by atoms with E-state index in [1.807, 2.05) is 48.5 Å². The number of carboxylic acid groups (broad SMARTS) is 1. The van der Waals surface area contributed by atoms with Gasteiger partial charge in [0, 0.05) is 11.9 Å². The second kappa shape index (κ2) is 9.20. The van der Waals surface area contributed by atoms with Crippen LogP contribution in [0.4, 0.5) is 4.79 Å². The van der Waals surface area contributed by atoms with Gasteiger partial charge in [0.25, 0.3) is 0 Å². The Balaban J connectivity index is 1.67. The molecule has 0 aromatic heterocycles. The molecule has 1 aliphatic carbocycles. The van der Waals surface area contributed by atoms with Gasteiger partial charge in [-0.3, -0.25) is 0 Å². The fraction of sp³-hybridized carbons (Fsp3) is 0.375. The molecule has 7 heteroatoms. The van der Waals surface area contributed by atoms with Gasteiger partial charge >= 0.3 is 12.1 Å². The average molecular weight is 424 g/mol. The monoisotopic (exact) mass is 424 g/mol. The molecule has 0 fully saturated rings. The van der Waals surface area contributed by atoms with Crippen LogP contribution in [0.3, 0.4) is 0 Å². The highest BCUT2D eigenvalue weighted by Gasteiger charge is 2.30. The third-order valence-corrected chi connectivity index (χ3v) is 4.96. The number of benzene rings is 2. The Labute approximate surface area is 181 Å². The highest BCUT2D eigenvalue weighted by atomic mass is 16.6. The van der Waals surface area contributed by atoms with Gasteiger partial charge in [-0.1, -0.05) is 48.5 Å². The van der Waals surface area contributed by atoms with E-state index in [1.54, 1.807) is 20.8 Å². The fourth-order valence-corrected chi connectivity index (χ4v) is 3.67. The van der Waals surface area contributed by atoms with E-state index in [9.17, 15) is 19.5 Å². The molecule has 1 atom stereocenters. The zero-order valence-corrected chi connectivity index (χ0v) is 17.8. The summed E-state index contributed by atoms with van der Waals surface area (Å²) in [5, 5.41) is 13.3. The molecule has 0 unspecified atom stereocenters. The van der Waals surface area contributed by atoms with Gasteiger partial charge in [-0.05, 0) is 55.9 Å². The van der Waals surface area contributed by atoms with E-state index in [2.05, 4.69) is 5.32 Å². The largest absolute Gasteiger partial charge is 0.550 e. The van der Waals surface area contributed by atoms with Crippen molar-refractivity contribution in [2.24, 2.45) is 0 Å². The number of aliphatic carboxylic acids is 1. The number of ether oxygens (including phenoxy) is 2. The van der Waals surface area contributed by atoms with E-state index >= 15 is 0 Å². The van der Waals surface area contributed by atoms with E-state index in [-0.39, 0.29) is 18.9 Å². The Morgan fingerprint density at radius 2 is 1.55 bits per heavy atom. The molecule has 0 radical (unpaired) electrons. The minimum Gasteiger partial charge on any atom is -0.550 e. The quantitative estimate of drug-likeness (QED) is 0.686. The van der Waals surface area contributed by atoms with Crippen molar-refractivity contribution in [3.8, 4) is 11.1 Å². The van der Waals surface area contributed by atoms with Gasteiger partial charge in [0.2, 0.25) is 0 Å². The number of alkyl carbamates (subject to hydrolysis) is 1. The van der Waals surface area contributed by atoms with Gasteiger partial charge in [0.05, 0.1) is 0 Å². The number of hydrogen-bond acceptors (Lipinski definition) is 6. The summed E-state index contributed by atoms with van der Waals surface area (Å²) < 4.78 is 10.7. The number of hydrogen-bond donors (Lipinski definition) is 1. The maximum absolute atomic E-state index is 12.4. The lowest BCUT2D eigenvalue weighted by Crippen LogP contribution is -2.45. The first-order chi connectivity index (χ1) is 14.7. The summed E-state index contributed by atoms with van der Waals surface area (Å²) in [6, 6.07) is 14.7. The van der Waals surface area contributed by atoms with Crippen molar-refractivity contribution < 1.29 is 29.0 Å². The number of nitrogens with one attached hydrogen (secondary N) is 1. The lowest BCUT2D eigenvalue weighted by atomic mass is 9.98. The highest BCUT2D eigenvalue weighted by Crippen LogP contribution is 2.44. The van der Waals surface area contributed by atoms with E-state index in [1.165, 1.54) is 0 Å². The molecule has 31 heavy (non-hydrogen) atoms. The first kappa shape index (κ1) is 22.3. The molecule has 0 aliphatic heterocycles. The summed E-state index contributed by atoms with van der Waals surface area (Å²) in [5.74, 6) is -2.16. The minimum absolute atomic E-state index is 0.0847. The lowest BCUT2D eigenvalue weighted by molar-refractivity contribution is -0.305. The maximum atomic E-state index is 12.4. The predicted octanol–water partition coefficient (Wildman–Crippen LogP) is 2.77. The van der Waals surface area contributed by atoms with Crippen LogP contribution in [-0.4, -0.2) is 36.3 Å². The Morgan fingerprint density at radius 3 is 2.06 bits per heavy atom. The van der Waals surface area contributed by atoms with Crippen molar-refractivity contribution in [3.05, 3.63) is 59.7 Å². The molecule has 164 valence electrons. The minimum atomic E-state index is -1.32. The van der Waals surface area contributed by atoms with Gasteiger partial charge in [0.1, 0.15) is 18.2 Å². The van der Waals surface area contributed by atoms with Crippen LogP contribution in [0.2, 0.25) is 0 Å². The number of carbonyl (C=O) groups is 3. The molecule has 1 amide bonds. The van der Waals surface area contributed by atoms with Crippen LogP contribution in [0.15, 0.2) is 48.5 Å². The van der Waals surface area contributed by atoms with Gasteiger partial charge in [-0.2, -0.15) is 0 Å². The van der Waals surface area contributed by atoms with Gasteiger partial charge < -0.3 is 24.7 Å². The first-order valence-corrected chi connectivity index (χ1v) is 10.2. The second-order valence-electron chi connectivity index (χ2n) is 8.47. The number of amides is 1. The zero-order valence-electron chi connectivity index (χ0n) is 17.8. The van der Waals surface area contributed by atoms with E-state index in [4.69, 9.17) is 9.47 Å². The van der Waals surface area contributed by atoms with Crippen LogP contribution in [0.25, 0.3) is 11.1 Å². The standard InChI is InChI=1S/C24H27NO6/c1-24(2,3)31-22(28)20(12-13-21(26)27)25-23(29)30-14-19-17-10-6-4-8-15(17)16-9-5-7-11-18(16)19/h4-11,19-20H,12-14H2,1-3H3,(H,25,29)(H,26,27)/p-1/t20-/m0/s1. The smallest absolute Gasteiger partial charge is 0.407 e. The summed E-state index contributed by atoms with van der Waals surface area (Å²) in [6.07, 6.45) is -1.36. The average Bonchev–Trinajstić information content (AvgIpc) is 3.02. The molecule has 1 N–H and O–H groups in total. The normalized spacial score (nSPS) is 13.6. The molecule has 0 saturated carbocycles. The molecular weight excluding hydrogens is 398 g/mol. The summed E-state index contributed by atoms with van der Waals surface area (Å²) >= 11 is 0. The van der Waals surface area contributed by atoms with Crippen LogP contribution >= 0.6 is 0 Å². The van der Waals surface area contributed by atoms with Gasteiger partial charge in [-0.15, -0.1) is 0 Å². The Bertz CT molecular complexity index is 933. The van der Waals surface area contributed by atoms with Crippen LogP contribution in [0.1, 0.15) is 50.7 Å². The van der Waals surface area contributed by atoms with Crippen molar-refractivity contribution >= 4 is 18.0 Å². The number of carbonyl (C=O) groups excluding carboxylic acids is 3. The zero-order chi connectivity index (χ0) is 22.6. The van der Waals surface area contributed by atoms with Gasteiger partial charge in [-0.25, -0.2) is 9.59 Å². The molecule has 0 bridgehead atoms. The number of rotatable bonds is 7. The first-order valence-electron chi connectivity index (χ1n) is 10.2. The molecule has 3 rings (SSSR count). The summed E-state index contributed by atoms with van der Waals surface area (Å²) in [5.41, 5.74) is 3.56. The van der Waals surface area contributed by atoms with E-state index in [0.717, 1.165) is 22.3 Å². The molecule has 0 spiro atoms. The maximum Gasteiger partial charge on any atom is 0.407 e. The van der Waals surface area contributed by atoms with E-state index < -0.39 is 36.1 Å². The third kappa shape index (κ3) is 5.63. The molecule has 2 aromatic rings. The third-order valence-electron chi connectivity index (χ3n) is 4.96. The summed E-state index contributed by atoms with van der Waals surface area (Å²) in [7, 11) is 0. The van der Waals surface area contributed by atoms with Crippen LogP contribution in [0.5, 0.6) is 0 Å². The second-order valence-corrected chi connectivity index (χ2v) is 8.47. The molecule has 2 aromatic carbocycles. The SMILES string of the molecule is CC(C)(C)OC(=O)[C@H](CCC(=O)[O-])NC(=O)OCC1c2ccccc2-c2ccccc21. The number of fused-ring (bicyclic) bond motifs is 3. The predicted molar refractivity (Wildman–Crippen MR) is 112 cm³/mol. The van der Waals surface area contributed by atoms with Crippen molar-refractivity contribution in [1.82, 2.24) is 5.32 Å². The van der Waals surface area contributed by atoms with Crippen molar-refractivity contribution in [2.45, 2.75) is 51.2 Å². The van der Waals surface area contributed by atoms with Crippen molar-refractivity contribution in [3.63, 3.8) is 0 Å². The van der Waals surface area contributed by atoms with Gasteiger partial charge in [0.15, 0.2) is 0 Å². The van der Waals surface area contributed by atoms with Crippen molar-refractivity contribution in [1.29, 1.82) is 0 Å². The topological polar surface area (TPSA) is 105 Å². The van der Waals surface area contributed by atoms with Crippen molar-refractivity contribution in [2.75, 3.05) is 6.61 Å². The molecule has 7 nitrogen and oxygen atoms in total. The molecule has 0 saturated heterocycles. The highest BCUT2D eigenvalue weighted by molar-refractivity contribution is 5.82. The number of esters is 1. The molecule has 0 heterocycles. The van der Waals surface area contributed by atoms with Crippen LogP contribution in [0, 0.1) is 0 Å².